The van der Waals surface area contributed by atoms with Gasteiger partial charge in [-0.25, -0.2) is 0 Å². The van der Waals surface area contributed by atoms with Gasteiger partial charge in [-0.05, 0) is 67.5 Å². The number of hydrogen-bond donors (Lipinski definition) is 5. The molecule has 0 spiro atoms. The van der Waals surface area contributed by atoms with Gasteiger partial charge < -0.3 is 26.0 Å². The predicted octanol–water partition coefficient (Wildman–Crippen LogP) is 5.91. The molecule has 1 aliphatic rings. The quantitative estimate of drug-likeness (QED) is 0.214. The van der Waals surface area contributed by atoms with Gasteiger partial charge in [0.1, 0.15) is 11.5 Å². The summed E-state index contributed by atoms with van der Waals surface area (Å²) in [6.45, 7) is 4.89. The minimum Gasteiger partial charge on any atom is -0.508 e. The van der Waals surface area contributed by atoms with E-state index in [1.165, 1.54) is 23.8 Å². The summed E-state index contributed by atoms with van der Waals surface area (Å²) in [6, 6.07) is 22.5. The number of carbonyl (C=O) groups is 1. The lowest BCUT2D eigenvalue weighted by atomic mass is 9.88. The lowest BCUT2D eigenvalue weighted by Gasteiger charge is -2.29. The van der Waals surface area contributed by atoms with E-state index >= 15 is 0 Å². The van der Waals surface area contributed by atoms with Crippen LogP contribution in [0.15, 0.2) is 96.1 Å². The molecule has 3 aromatic rings. The van der Waals surface area contributed by atoms with Crippen molar-refractivity contribution in [2.24, 2.45) is 0 Å². The van der Waals surface area contributed by atoms with Crippen LogP contribution in [0, 0.1) is 0 Å². The van der Waals surface area contributed by atoms with E-state index in [2.05, 4.69) is 60.9 Å². The molecular formula is C33H38N2O4. The topological polar surface area (TPSA) is 102 Å². The minimum absolute atomic E-state index is 0.0141. The summed E-state index contributed by atoms with van der Waals surface area (Å²) in [5, 5.41) is 36.4. The second kappa shape index (κ2) is 12.8. The number of aliphatic hydroxyl groups is 1. The summed E-state index contributed by atoms with van der Waals surface area (Å²) in [7, 11) is 0. The van der Waals surface area contributed by atoms with Gasteiger partial charge in [0.2, 0.25) is 5.91 Å². The molecule has 0 bridgehead atoms. The highest BCUT2D eigenvalue weighted by molar-refractivity contribution is 5.79. The van der Waals surface area contributed by atoms with Crippen LogP contribution in [0.25, 0.3) is 11.1 Å². The molecule has 5 N–H and O–H groups in total. The molecule has 0 heterocycles. The van der Waals surface area contributed by atoms with Crippen molar-refractivity contribution in [3.63, 3.8) is 0 Å². The zero-order valence-electron chi connectivity index (χ0n) is 22.7. The van der Waals surface area contributed by atoms with Crippen LogP contribution in [0.2, 0.25) is 0 Å². The maximum absolute atomic E-state index is 12.8. The van der Waals surface area contributed by atoms with Gasteiger partial charge in [0.05, 0.1) is 6.10 Å². The molecule has 39 heavy (non-hydrogen) atoms. The number of aromatic hydroxyl groups is 2. The molecule has 0 radical (unpaired) electrons. The summed E-state index contributed by atoms with van der Waals surface area (Å²) in [5.41, 5.74) is 5.78. The highest BCUT2D eigenvalue weighted by atomic mass is 16.3. The number of carbonyl (C=O) groups excluding carboxylic acids is 1. The Labute approximate surface area is 230 Å². The normalized spacial score (nSPS) is 14.3. The van der Waals surface area contributed by atoms with E-state index in [4.69, 9.17) is 0 Å². The fraction of sp³-hybridized carbons (Fsp3) is 0.303. The van der Waals surface area contributed by atoms with Crippen molar-refractivity contribution in [3.8, 4) is 22.6 Å². The highest BCUT2D eigenvalue weighted by Gasteiger charge is 2.22. The van der Waals surface area contributed by atoms with Crippen molar-refractivity contribution < 1.29 is 20.1 Å². The van der Waals surface area contributed by atoms with E-state index in [-0.39, 0.29) is 29.5 Å². The van der Waals surface area contributed by atoms with E-state index in [9.17, 15) is 20.1 Å². The average molecular weight is 527 g/mol. The average Bonchev–Trinajstić information content (AvgIpc) is 2.91. The number of amides is 1. The van der Waals surface area contributed by atoms with Crippen molar-refractivity contribution in [1.82, 2.24) is 10.6 Å². The van der Waals surface area contributed by atoms with Crippen LogP contribution in [0.1, 0.15) is 56.8 Å². The Bertz CT molecular complexity index is 1320. The van der Waals surface area contributed by atoms with E-state index in [0.29, 0.717) is 18.5 Å². The van der Waals surface area contributed by atoms with Crippen molar-refractivity contribution in [1.29, 1.82) is 0 Å². The summed E-state index contributed by atoms with van der Waals surface area (Å²) in [6.07, 6.45) is 6.35. The molecule has 0 aromatic heterocycles. The van der Waals surface area contributed by atoms with Crippen molar-refractivity contribution >= 4 is 5.91 Å². The van der Waals surface area contributed by atoms with E-state index in [1.807, 2.05) is 30.3 Å². The number of nitrogens with one attached hydrogen (secondary N) is 2. The van der Waals surface area contributed by atoms with Gasteiger partial charge in [0.15, 0.2) is 0 Å². The van der Waals surface area contributed by atoms with Gasteiger partial charge in [0, 0.05) is 31.1 Å². The Morgan fingerprint density at radius 3 is 2.41 bits per heavy atom. The number of hydrogen-bond acceptors (Lipinski definition) is 5. The summed E-state index contributed by atoms with van der Waals surface area (Å²) in [5.74, 6) is -0.157. The Hall–Kier alpha value is -3.87. The smallest absolute Gasteiger partial charge is 0.224 e. The molecule has 0 saturated carbocycles. The van der Waals surface area contributed by atoms with E-state index in [0.717, 1.165) is 41.5 Å². The van der Waals surface area contributed by atoms with Gasteiger partial charge in [0.25, 0.3) is 0 Å². The van der Waals surface area contributed by atoms with E-state index < -0.39 is 6.10 Å². The molecule has 204 valence electrons. The Morgan fingerprint density at radius 1 is 0.974 bits per heavy atom. The second-order valence-electron chi connectivity index (χ2n) is 10.8. The fourth-order valence-corrected chi connectivity index (χ4v) is 5.01. The van der Waals surface area contributed by atoms with E-state index in [1.54, 1.807) is 0 Å². The Morgan fingerprint density at radius 2 is 1.67 bits per heavy atom. The van der Waals surface area contributed by atoms with Crippen LogP contribution in [0.3, 0.4) is 0 Å². The zero-order valence-corrected chi connectivity index (χ0v) is 22.7. The third-order valence-corrected chi connectivity index (χ3v) is 6.96. The Kier molecular flexibility index (Phi) is 9.23. The molecule has 3 aromatic carbocycles. The van der Waals surface area contributed by atoms with Gasteiger partial charge in [-0.2, -0.15) is 0 Å². The monoisotopic (exact) mass is 526 g/mol. The van der Waals surface area contributed by atoms with Gasteiger partial charge in [-0.3, -0.25) is 4.79 Å². The zero-order chi connectivity index (χ0) is 27.8. The molecule has 0 saturated heterocycles. The molecule has 4 rings (SSSR count). The maximum Gasteiger partial charge on any atom is 0.224 e. The molecule has 0 fully saturated rings. The van der Waals surface area contributed by atoms with Crippen LogP contribution in [0.4, 0.5) is 0 Å². The van der Waals surface area contributed by atoms with Crippen molar-refractivity contribution in [3.05, 3.63) is 107 Å². The third kappa shape index (κ3) is 8.31. The first kappa shape index (κ1) is 28.1. The van der Waals surface area contributed by atoms with Crippen molar-refractivity contribution in [2.45, 2.75) is 57.7 Å². The first-order valence-corrected chi connectivity index (χ1v) is 13.4. The second-order valence-corrected chi connectivity index (χ2v) is 10.8. The van der Waals surface area contributed by atoms with Crippen LogP contribution >= 0.6 is 0 Å². The van der Waals surface area contributed by atoms with Gasteiger partial charge in [-0.1, -0.05) is 77.9 Å². The van der Waals surface area contributed by atoms with Gasteiger partial charge >= 0.3 is 0 Å². The molecule has 6 nitrogen and oxygen atoms in total. The number of aliphatic hydroxyl groups excluding tert-OH is 1. The largest absolute Gasteiger partial charge is 0.508 e. The number of benzene rings is 3. The number of rotatable bonds is 11. The fourth-order valence-electron chi connectivity index (χ4n) is 5.01. The number of β-amino-alcohol motifs (C(OH)–C–C–N with tert-alkyl or cyclic N) is 1. The molecule has 1 amide bonds. The summed E-state index contributed by atoms with van der Waals surface area (Å²) in [4.78, 5) is 12.8. The van der Waals surface area contributed by atoms with Crippen LogP contribution in [0.5, 0.6) is 11.5 Å². The third-order valence-electron chi connectivity index (χ3n) is 6.96. The number of phenolic OH excluding ortho intramolecular Hbond substituents is 2. The predicted molar refractivity (Wildman–Crippen MR) is 155 cm³/mol. The van der Waals surface area contributed by atoms with Crippen LogP contribution in [-0.4, -0.2) is 33.3 Å². The lowest BCUT2D eigenvalue weighted by Crippen LogP contribution is -2.41. The van der Waals surface area contributed by atoms with Crippen molar-refractivity contribution in [2.75, 3.05) is 6.54 Å². The number of phenols is 2. The number of allylic oxidation sites excluding steroid dienone is 2. The molecule has 0 aliphatic heterocycles. The molecular weight excluding hydrogens is 488 g/mol. The summed E-state index contributed by atoms with van der Waals surface area (Å²) >= 11 is 0. The van der Waals surface area contributed by atoms with Crippen LogP contribution < -0.4 is 10.6 Å². The minimum atomic E-state index is -0.871. The Balaban J connectivity index is 1.30. The first-order valence-electron chi connectivity index (χ1n) is 13.4. The molecule has 6 heteroatoms. The highest BCUT2D eigenvalue weighted by Crippen LogP contribution is 2.28. The maximum atomic E-state index is 12.8. The molecule has 0 unspecified atom stereocenters. The summed E-state index contributed by atoms with van der Waals surface area (Å²) < 4.78 is 0. The van der Waals surface area contributed by atoms with Crippen LogP contribution in [-0.2, 0) is 11.3 Å². The first-order chi connectivity index (χ1) is 18.7. The molecule has 1 aliphatic carbocycles. The van der Waals surface area contributed by atoms with Gasteiger partial charge in [-0.15, -0.1) is 0 Å². The molecule has 1 atom stereocenters. The standard InChI is InChI=1S/C33H38N2O4/c1-33(2,35-22-31(38)27-17-28(36)19-29(37)18-27)20-24-10-8-9-23(15-24)16-32(39)34-21-26-13-6-7-14-30(26)25-11-4-3-5-12-25/h3-7,10-15,17-19,31,35-38H,8-9,16,20-22H2,1-2H3,(H,34,39)/t31-/m0/s1. The SMILES string of the molecule is CC(C)(CC1=CCCC(CC(=O)NCc2ccccc2-c2ccccc2)=C1)NC[C@H](O)c1cc(O)cc(O)c1. The lowest BCUT2D eigenvalue weighted by molar-refractivity contribution is -0.120.